The first-order valence-corrected chi connectivity index (χ1v) is 8.91. The summed E-state index contributed by atoms with van der Waals surface area (Å²) >= 11 is 0. The lowest BCUT2D eigenvalue weighted by Gasteiger charge is -2.13. The molecular formula is C18H16F3NO3S. The van der Waals surface area contributed by atoms with Crippen LogP contribution in [0.5, 0.6) is 0 Å². The van der Waals surface area contributed by atoms with E-state index in [1.807, 2.05) is 0 Å². The number of sulfone groups is 1. The topological polar surface area (TPSA) is 63.2 Å². The van der Waals surface area contributed by atoms with Crippen LogP contribution < -0.4 is 5.32 Å². The van der Waals surface area contributed by atoms with E-state index in [-0.39, 0.29) is 16.4 Å². The standard InChI is InChI=1S/C18H16F3NO3S/c1-11-9-16(22-13(3)23)7-8-17(11)26(24,25)12(2)14-5-4-6-15(10-14)18(19,20)21/h4-10H,2H2,1,3H3,(H,22,23). The molecule has 4 nitrogen and oxygen atoms in total. The molecule has 0 saturated heterocycles. The van der Waals surface area contributed by atoms with Crippen LogP contribution in [0.1, 0.15) is 23.6 Å². The lowest BCUT2D eigenvalue weighted by atomic mass is 10.1. The lowest BCUT2D eigenvalue weighted by molar-refractivity contribution is -0.137. The molecule has 0 unspecified atom stereocenters. The third kappa shape index (κ3) is 4.13. The molecule has 0 saturated carbocycles. The van der Waals surface area contributed by atoms with Crippen LogP contribution in [-0.2, 0) is 20.8 Å². The Bertz CT molecular complexity index is 979. The minimum atomic E-state index is -4.59. The average molecular weight is 383 g/mol. The summed E-state index contributed by atoms with van der Waals surface area (Å²) in [4.78, 5) is 10.6. The van der Waals surface area contributed by atoms with Crippen molar-refractivity contribution >= 4 is 26.3 Å². The van der Waals surface area contributed by atoms with Crippen LogP contribution in [0.3, 0.4) is 0 Å². The SMILES string of the molecule is C=C(c1cccc(C(F)(F)F)c1)S(=O)(=O)c1ccc(NC(C)=O)cc1C. The number of benzene rings is 2. The number of aryl methyl sites for hydroxylation is 1. The fraction of sp³-hybridized carbons (Fsp3) is 0.167. The van der Waals surface area contributed by atoms with Gasteiger partial charge in [-0.05, 0) is 48.4 Å². The highest BCUT2D eigenvalue weighted by molar-refractivity contribution is 8.00. The van der Waals surface area contributed by atoms with E-state index >= 15 is 0 Å². The summed E-state index contributed by atoms with van der Waals surface area (Å²) in [6, 6.07) is 8.16. The van der Waals surface area contributed by atoms with Crippen molar-refractivity contribution in [3.63, 3.8) is 0 Å². The van der Waals surface area contributed by atoms with Crippen molar-refractivity contribution in [3.05, 3.63) is 65.7 Å². The Balaban J connectivity index is 2.45. The number of halogens is 3. The van der Waals surface area contributed by atoms with Crippen LogP contribution in [0, 0.1) is 6.92 Å². The molecule has 0 atom stereocenters. The molecule has 1 N–H and O–H groups in total. The van der Waals surface area contributed by atoms with E-state index < -0.39 is 26.5 Å². The van der Waals surface area contributed by atoms with Gasteiger partial charge in [0.2, 0.25) is 15.7 Å². The molecule has 8 heteroatoms. The van der Waals surface area contributed by atoms with Crippen molar-refractivity contribution in [3.8, 4) is 0 Å². The van der Waals surface area contributed by atoms with E-state index in [0.29, 0.717) is 11.3 Å². The number of hydrogen-bond acceptors (Lipinski definition) is 3. The Hall–Kier alpha value is -2.61. The molecule has 138 valence electrons. The number of rotatable bonds is 4. The first-order chi connectivity index (χ1) is 11.9. The maximum atomic E-state index is 12.8. The predicted octanol–water partition coefficient (Wildman–Crippen LogP) is 4.42. The molecule has 0 aromatic heterocycles. The second-order valence-corrected chi connectivity index (χ2v) is 7.61. The first-order valence-electron chi connectivity index (χ1n) is 7.43. The Morgan fingerprint density at radius 2 is 1.77 bits per heavy atom. The maximum absolute atomic E-state index is 12.8. The van der Waals surface area contributed by atoms with Crippen LogP contribution in [0.25, 0.3) is 4.91 Å². The molecule has 0 spiro atoms. The molecule has 26 heavy (non-hydrogen) atoms. The highest BCUT2D eigenvalue weighted by Crippen LogP contribution is 2.34. The Labute approximate surface area is 149 Å². The van der Waals surface area contributed by atoms with Crippen molar-refractivity contribution in [2.75, 3.05) is 5.32 Å². The fourth-order valence-corrected chi connectivity index (χ4v) is 3.82. The van der Waals surface area contributed by atoms with Gasteiger partial charge in [-0.2, -0.15) is 13.2 Å². The van der Waals surface area contributed by atoms with Crippen molar-refractivity contribution in [2.24, 2.45) is 0 Å². The zero-order valence-corrected chi connectivity index (χ0v) is 14.8. The number of carbonyl (C=O) groups excluding carboxylic acids is 1. The monoisotopic (exact) mass is 383 g/mol. The van der Waals surface area contributed by atoms with Gasteiger partial charge in [0.25, 0.3) is 0 Å². The van der Waals surface area contributed by atoms with Gasteiger partial charge in [-0.15, -0.1) is 0 Å². The largest absolute Gasteiger partial charge is 0.416 e. The molecule has 0 aliphatic carbocycles. The normalized spacial score (nSPS) is 11.9. The zero-order chi connectivity index (χ0) is 19.7. The molecule has 0 bridgehead atoms. The average Bonchev–Trinajstić information content (AvgIpc) is 2.52. The molecule has 2 rings (SSSR count). The van der Waals surface area contributed by atoms with Crippen molar-refractivity contribution in [2.45, 2.75) is 24.9 Å². The van der Waals surface area contributed by atoms with Gasteiger partial charge in [0.15, 0.2) is 0 Å². The van der Waals surface area contributed by atoms with Gasteiger partial charge in [-0.25, -0.2) is 8.42 Å². The lowest BCUT2D eigenvalue weighted by Crippen LogP contribution is -2.10. The smallest absolute Gasteiger partial charge is 0.326 e. The minimum absolute atomic E-state index is 0.0889. The van der Waals surface area contributed by atoms with Gasteiger partial charge in [-0.3, -0.25) is 4.79 Å². The van der Waals surface area contributed by atoms with Crippen molar-refractivity contribution < 1.29 is 26.4 Å². The quantitative estimate of drug-likeness (QED) is 0.850. The highest BCUT2D eigenvalue weighted by Gasteiger charge is 2.31. The Kier molecular flexibility index (Phi) is 5.27. The maximum Gasteiger partial charge on any atom is 0.416 e. The summed E-state index contributed by atoms with van der Waals surface area (Å²) in [5.74, 6) is -0.312. The van der Waals surface area contributed by atoms with Gasteiger partial charge in [0.05, 0.1) is 15.4 Å². The first kappa shape index (κ1) is 19.7. The minimum Gasteiger partial charge on any atom is -0.326 e. The van der Waals surface area contributed by atoms with E-state index in [1.54, 1.807) is 0 Å². The number of alkyl halides is 3. The highest BCUT2D eigenvalue weighted by atomic mass is 32.2. The third-order valence-corrected chi connectivity index (χ3v) is 5.54. The molecule has 2 aromatic rings. The molecule has 1 amide bonds. The van der Waals surface area contributed by atoms with Crippen LogP contribution in [0.15, 0.2) is 53.9 Å². The summed E-state index contributed by atoms with van der Waals surface area (Å²) in [5, 5.41) is 2.53. The molecule has 0 aliphatic heterocycles. The molecule has 0 heterocycles. The van der Waals surface area contributed by atoms with Gasteiger partial charge < -0.3 is 5.32 Å². The second kappa shape index (κ2) is 6.95. The fourth-order valence-electron chi connectivity index (χ4n) is 2.39. The second-order valence-electron chi connectivity index (χ2n) is 5.67. The molecule has 2 aromatic carbocycles. The molecule has 0 radical (unpaired) electrons. The van der Waals surface area contributed by atoms with Crippen molar-refractivity contribution in [1.82, 2.24) is 0 Å². The summed E-state index contributed by atoms with van der Waals surface area (Å²) in [5.41, 5.74) is -0.336. The summed E-state index contributed by atoms with van der Waals surface area (Å²) in [6.45, 7) is 6.32. The Morgan fingerprint density at radius 1 is 1.12 bits per heavy atom. The van der Waals surface area contributed by atoms with Crippen molar-refractivity contribution in [1.29, 1.82) is 0 Å². The molecule has 0 fully saturated rings. The van der Waals surface area contributed by atoms with E-state index in [4.69, 9.17) is 0 Å². The molecular weight excluding hydrogens is 367 g/mol. The summed E-state index contributed by atoms with van der Waals surface area (Å²) in [6.07, 6.45) is -4.59. The van der Waals surface area contributed by atoms with Crippen LogP contribution in [0.2, 0.25) is 0 Å². The van der Waals surface area contributed by atoms with Crippen LogP contribution >= 0.6 is 0 Å². The number of hydrogen-bond donors (Lipinski definition) is 1. The predicted molar refractivity (Wildman–Crippen MR) is 93.1 cm³/mol. The number of anilines is 1. The summed E-state index contributed by atoms with van der Waals surface area (Å²) < 4.78 is 64.1. The van der Waals surface area contributed by atoms with E-state index in [9.17, 15) is 26.4 Å². The Morgan fingerprint density at radius 3 is 2.31 bits per heavy atom. The zero-order valence-electron chi connectivity index (χ0n) is 14.0. The number of carbonyl (C=O) groups is 1. The van der Waals surface area contributed by atoms with Gasteiger partial charge in [0, 0.05) is 12.6 Å². The van der Waals surface area contributed by atoms with E-state index in [1.165, 1.54) is 38.1 Å². The van der Waals surface area contributed by atoms with E-state index in [0.717, 1.165) is 18.2 Å². The number of nitrogens with one attached hydrogen (secondary N) is 1. The van der Waals surface area contributed by atoms with Crippen LogP contribution in [0.4, 0.5) is 18.9 Å². The van der Waals surface area contributed by atoms with E-state index in [2.05, 4.69) is 11.9 Å². The van der Waals surface area contributed by atoms with Gasteiger partial charge in [0.1, 0.15) is 0 Å². The van der Waals surface area contributed by atoms with Gasteiger partial charge in [-0.1, -0.05) is 18.7 Å². The van der Waals surface area contributed by atoms with Crippen LogP contribution in [-0.4, -0.2) is 14.3 Å². The third-order valence-electron chi connectivity index (χ3n) is 3.62. The number of amides is 1. The molecule has 0 aliphatic rings. The summed E-state index contributed by atoms with van der Waals surface area (Å²) in [7, 11) is -4.10. The van der Waals surface area contributed by atoms with Gasteiger partial charge >= 0.3 is 6.18 Å².